The van der Waals surface area contributed by atoms with Crippen LogP contribution in [0.5, 0.6) is 5.75 Å². The molecule has 0 bridgehead atoms. The Kier molecular flexibility index (Phi) is 5.79. The van der Waals surface area contributed by atoms with Crippen LogP contribution in [-0.4, -0.2) is 30.1 Å². The summed E-state index contributed by atoms with van der Waals surface area (Å²) in [6.07, 6.45) is -0.725. The summed E-state index contributed by atoms with van der Waals surface area (Å²) < 4.78 is 5.43. The van der Waals surface area contributed by atoms with Crippen molar-refractivity contribution in [3.63, 3.8) is 0 Å². The van der Waals surface area contributed by atoms with Gasteiger partial charge in [0.05, 0.1) is 5.71 Å². The number of rotatable bonds is 7. The Hall–Kier alpha value is -2.33. The summed E-state index contributed by atoms with van der Waals surface area (Å²) in [4.78, 5) is 5.16. The van der Waals surface area contributed by atoms with E-state index < -0.39 is 6.10 Å². The molecule has 2 aromatic carbocycles. The number of para-hydroxylation sites is 1. The minimum Gasteiger partial charge on any atom is -0.491 e. The summed E-state index contributed by atoms with van der Waals surface area (Å²) >= 11 is 0. The second kappa shape index (κ2) is 8.07. The summed E-state index contributed by atoms with van der Waals surface area (Å²) in [5.74, 6) is 0.723. The zero-order chi connectivity index (χ0) is 14.9. The van der Waals surface area contributed by atoms with Gasteiger partial charge in [0.1, 0.15) is 25.1 Å². The second-order valence-corrected chi connectivity index (χ2v) is 4.62. The highest BCUT2D eigenvalue weighted by atomic mass is 16.6. The molecule has 0 fully saturated rings. The van der Waals surface area contributed by atoms with Crippen LogP contribution in [0.15, 0.2) is 65.8 Å². The maximum absolute atomic E-state index is 9.77. The standard InChI is InChI=1S/C17H19NO3/c1-14(15-8-4-2-5-9-15)18-21-13-16(19)12-20-17-10-6-3-7-11-17/h2-11,16,19H,12-13H2,1H3/b18-14+. The Morgan fingerprint density at radius 3 is 2.29 bits per heavy atom. The molecule has 2 rings (SSSR count). The highest BCUT2D eigenvalue weighted by molar-refractivity contribution is 5.98. The van der Waals surface area contributed by atoms with E-state index in [9.17, 15) is 5.11 Å². The van der Waals surface area contributed by atoms with E-state index in [0.29, 0.717) is 0 Å². The van der Waals surface area contributed by atoms with E-state index in [1.807, 2.05) is 67.6 Å². The normalized spacial score (nSPS) is 12.8. The second-order valence-electron chi connectivity index (χ2n) is 4.62. The molecule has 2 aromatic rings. The SMILES string of the molecule is C/C(=N\OCC(O)COc1ccccc1)c1ccccc1. The third kappa shape index (κ3) is 5.28. The minimum absolute atomic E-state index is 0.0943. The minimum atomic E-state index is -0.725. The first-order chi connectivity index (χ1) is 10.3. The topological polar surface area (TPSA) is 51.0 Å². The lowest BCUT2D eigenvalue weighted by molar-refractivity contribution is 0.0143. The van der Waals surface area contributed by atoms with Crippen LogP contribution in [0.4, 0.5) is 0 Å². The number of aliphatic hydroxyl groups is 1. The van der Waals surface area contributed by atoms with Crippen molar-refractivity contribution in [1.29, 1.82) is 0 Å². The van der Waals surface area contributed by atoms with Crippen molar-refractivity contribution in [2.24, 2.45) is 5.16 Å². The molecule has 0 aromatic heterocycles. The maximum Gasteiger partial charge on any atom is 0.146 e. The summed E-state index contributed by atoms with van der Waals surface area (Å²) in [6.45, 7) is 2.13. The zero-order valence-electron chi connectivity index (χ0n) is 12.0. The number of hydrogen-bond donors (Lipinski definition) is 1. The smallest absolute Gasteiger partial charge is 0.146 e. The van der Waals surface area contributed by atoms with E-state index in [4.69, 9.17) is 9.57 Å². The highest BCUT2D eigenvalue weighted by Gasteiger charge is 2.06. The van der Waals surface area contributed by atoms with Crippen molar-refractivity contribution >= 4 is 5.71 Å². The first-order valence-corrected chi connectivity index (χ1v) is 6.83. The molecule has 0 amide bonds. The highest BCUT2D eigenvalue weighted by Crippen LogP contribution is 2.08. The van der Waals surface area contributed by atoms with E-state index in [1.54, 1.807) is 0 Å². The zero-order valence-corrected chi connectivity index (χ0v) is 12.0. The van der Waals surface area contributed by atoms with E-state index in [1.165, 1.54) is 0 Å². The third-order valence-electron chi connectivity index (χ3n) is 2.85. The number of nitrogens with zero attached hydrogens (tertiary/aromatic N) is 1. The van der Waals surface area contributed by atoms with Crippen molar-refractivity contribution in [2.45, 2.75) is 13.0 Å². The van der Waals surface area contributed by atoms with Crippen LogP contribution in [0.25, 0.3) is 0 Å². The van der Waals surface area contributed by atoms with Crippen LogP contribution in [0, 0.1) is 0 Å². The van der Waals surface area contributed by atoms with Gasteiger partial charge in [-0.1, -0.05) is 53.7 Å². The third-order valence-corrected chi connectivity index (χ3v) is 2.85. The average Bonchev–Trinajstić information content (AvgIpc) is 2.54. The predicted molar refractivity (Wildman–Crippen MR) is 82.5 cm³/mol. The van der Waals surface area contributed by atoms with Gasteiger partial charge in [0.15, 0.2) is 0 Å². The van der Waals surface area contributed by atoms with Crippen LogP contribution >= 0.6 is 0 Å². The molecule has 0 aliphatic rings. The van der Waals surface area contributed by atoms with Gasteiger partial charge in [-0.25, -0.2) is 0 Å². The lowest BCUT2D eigenvalue weighted by Crippen LogP contribution is -2.22. The Morgan fingerprint density at radius 1 is 1.00 bits per heavy atom. The molecule has 0 heterocycles. The van der Waals surface area contributed by atoms with Gasteiger partial charge in [-0.05, 0) is 24.6 Å². The van der Waals surface area contributed by atoms with Gasteiger partial charge in [-0.2, -0.15) is 0 Å². The van der Waals surface area contributed by atoms with Gasteiger partial charge in [-0.3, -0.25) is 0 Å². The first kappa shape index (κ1) is 15.1. The molecule has 0 aliphatic carbocycles. The van der Waals surface area contributed by atoms with Gasteiger partial charge in [0.25, 0.3) is 0 Å². The molecular weight excluding hydrogens is 266 g/mol. The molecule has 0 saturated carbocycles. The Morgan fingerprint density at radius 2 is 1.62 bits per heavy atom. The van der Waals surface area contributed by atoms with E-state index in [2.05, 4.69) is 5.16 Å². The van der Waals surface area contributed by atoms with E-state index in [0.717, 1.165) is 17.0 Å². The van der Waals surface area contributed by atoms with Gasteiger partial charge in [0, 0.05) is 0 Å². The first-order valence-electron chi connectivity index (χ1n) is 6.83. The van der Waals surface area contributed by atoms with Crippen molar-refractivity contribution in [1.82, 2.24) is 0 Å². The predicted octanol–water partition coefficient (Wildman–Crippen LogP) is 2.87. The Bertz CT molecular complexity index is 555. The van der Waals surface area contributed by atoms with E-state index >= 15 is 0 Å². The van der Waals surface area contributed by atoms with Crippen LogP contribution < -0.4 is 4.74 Å². The molecular formula is C17H19NO3. The molecule has 1 N–H and O–H groups in total. The molecule has 4 heteroatoms. The van der Waals surface area contributed by atoms with Crippen LogP contribution in [-0.2, 0) is 4.84 Å². The van der Waals surface area contributed by atoms with Gasteiger partial charge >= 0.3 is 0 Å². The number of aliphatic hydroxyl groups excluding tert-OH is 1. The summed E-state index contributed by atoms with van der Waals surface area (Å²) in [6, 6.07) is 19.1. The lowest BCUT2D eigenvalue weighted by atomic mass is 10.1. The number of benzene rings is 2. The fourth-order valence-corrected chi connectivity index (χ4v) is 1.71. The molecule has 0 radical (unpaired) electrons. The van der Waals surface area contributed by atoms with Crippen molar-refractivity contribution in [3.8, 4) is 5.75 Å². The molecule has 1 unspecified atom stereocenters. The number of oxime groups is 1. The quantitative estimate of drug-likeness (QED) is 0.628. The largest absolute Gasteiger partial charge is 0.491 e. The van der Waals surface area contributed by atoms with Crippen molar-refractivity contribution < 1.29 is 14.7 Å². The number of ether oxygens (including phenoxy) is 1. The summed E-state index contributed by atoms with van der Waals surface area (Å²) in [5.41, 5.74) is 1.76. The average molecular weight is 285 g/mol. The Balaban J connectivity index is 1.73. The monoisotopic (exact) mass is 285 g/mol. The number of hydrogen-bond acceptors (Lipinski definition) is 4. The molecule has 0 saturated heterocycles. The molecule has 21 heavy (non-hydrogen) atoms. The molecule has 110 valence electrons. The molecule has 0 aliphatic heterocycles. The molecule has 0 spiro atoms. The van der Waals surface area contributed by atoms with Gasteiger partial charge in [0.2, 0.25) is 0 Å². The van der Waals surface area contributed by atoms with Crippen LogP contribution in [0.1, 0.15) is 12.5 Å². The van der Waals surface area contributed by atoms with Crippen LogP contribution in [0.3, 0.4) is 0 Å². The van der Waals surface area contributed by atoms with Gasteiger partial charge < -0.3 is 14.7 Å². The summed E-state index contributed by atoms with van der Waals surface area (Å²) in [7, 11) is 0. The van der Waals surface area contributed by atoms with Crippen LogP contribution in [0.2, 0.25) is 0 Å². The van der Waals surface area contributed by atoms with Crippen molar-refractivity contribution in [3.05, 3.63) is 66.2 Å². The fourth-order valence-electron chi connectivity index (χ4n) is 1.71. The Labute approximate surface area is 124 Å². The van der Waals surface area contributed by atoms with Gasteiger partial charge in [-0.15, -0.1) is 0 Å². The maximum atomic E-state index is 9.77. The fraction of sp³-hybridized carbons (Fsp3) is 0.235. The molecule has 1 atom stereocenters. The lowest BCUT2D eigenvalue weighted by Gasteiger charge is -2.11. The van der Waals surface area contributed by atoms with Crippen molar-refractivity contribution in [2.75, 3.05) is 13.2 Å². The summed E-state index contributed by atoms with van der Waals surface area (Å²) in [5, 5.41) is 13.8. The molecule has 4 nitrogen and oxygen atoms in total. The van der Waals surface area contributed by atoms with E-state index in [-0.39, 0.29) is 13.2 Å².